The number of ether oxygens (including phenoxy) is 3. The zero-order valence-electron chi connectivity index (χ0n) is 13.9. The summed E-state index contributed by atoms with van der Waals surface area (Å²) in [6, 6.07) is 16.0. The molecule has 0 fully saturated rings. The molecule has 0 saturated carbocycles. The molecule has 132 valence electrons. The quantitative estimate of drug-likeness (QED) is 0.563. The van der Waals surface area contributed by atoms with Gasteiger partial charge in [-0.3, -0.25) is 0 Å². The molecule has 3 aromatic rings. The lowest BCUT2D eigenvalue weighted by Gasteiger charge is -2.10. The van der Waals surface area contributed by atoms with Gasteiger partial charge in [0.15, 0.2) is 0 Å². The molecule has 0 saturated heterocycles. The van der Waals surface area contributed by atoms with Crippen LogP contribution in [0.3, 0.4) is 0 Å². The first kappa shape index (κ1) is 17.8. The van der Waals surface area contributed by atoms with E-state index in [0.717, 1.165) is 21.8 Å². The van der Waals surface area contributed by atoms with Crippen LogP contribution in [-0.4, -0.2) is 49.7 Å². The van der Waals surface area contributed by atoms with Crippen molar-refractivity contribution in [1.29, 1.82) is 0 Å². The molecular formula is C19H21NO4S. The van der Waals surface area contributed by atoms with Crippen molar-refractivity contribution in [2.45, 2.75) is 0 Å². The molecule has 25 heavy (non-hydrogen) atoms. The van der Waals surface area contributed by atoms with Gasteiger partial charge >= 0.3 is 0 Å². The number of aromatic nitrogens is 1. The highest BCUT2D eigenvalue weighted by Gasteiger charge is 2.11. The number of thiazole rings is 1. The Labute approximate surface area is 150 Å². The van der Waals surface area contributed by atoms with Crippen molar-refractivity contribution in [1.82, 2.24) is 4.98 Å². The van der Waals surface area contributed by atoms with Crippen LogP contribution < -0.4 is 4.74 Å². The Morgan fingerprint density at radius 2 is 1.56 bits per heavy atom. The van der Waals surface area contributed by atoms with E-state index in [1.54, 1.807) is 11.3 Å². The number of para-hydroxylation sites is 2. The van der Waals surface area contributed by atoms with E-state index >= 15 is 0 Å². The second-order valence-electron chi connectivity index (χ2n) is 5.28. The molecule has 0 bridgehead atoms. The first-order chi connectivity index (χ1) is 12.4. The molecular weight excluding hydrogens is 338 g/mol. The van der Waals surface area contributed by atoms with E-state index in [0.29, 0.717) is 33.0 Å². The third kappa shape index (κ3) is 4.99. The molecule has 0 spiro atoms. The van der Waals surface area contributed by atoms with Crippen molar-refractivity contribution in [3.05, 3.63) is 48.5 Å². The molecule has 0 amide bonds. The number of rotatable bonds is 10. The van der Waals surface area contributed by atoms with Crippen molar-refractivity contribution in [2.75, 3.05) is 39.6 Å². The van der Waals surface area contributed by atoms with Gasteiger partial charge in [-0.1, -0.05) is 24.3 Å². The average Bonchev–Trinajstić information content (AvgIpc) is 3.08. The number of aliphatic hydroxyl groups excluding tert-OH is 1. The SMILES string of the molecule is OCCOCCOCCOc1ccccc1-c1nc2ccccc2s1. The van der Waals surface area contributed by atoms with E-state index in [2.05, 4.69) is 6.07 Å². The fraction of sp³-hybridized carbons (Fsp3) is 0.316. The van der Waals surface area contributed by atoms with E-state index in [4.69, 9.17) is 24.3 Å². The maximum atomic E-state index is 8.61. The number of nitrogens with zero attached hydrogens (tertiary/aromatic N) is 1. The molecule has 2 aromatic carbocycles. The number of aliphatic hydroxyl groups is 1. The average molecular weight is 359 g/mol. The molecule has 1 N–H and O–H groups in total. The predicted molar refractivity (Wildman–Crippen MR) is 99.3 cm³/mol. The minimum atomic E-state index is 0.0334. The summed E-state index contributed by atoms with van der Waals surface area (Å²) in [5, 5.41) is 9.56. The topological polar surface area (TPSA) is 60.8 Å². The summed E-state index contributed by atoms with van der Waals surface area (Å²) in [5.41, 5.74) is 2.00. The second-order valence-corrected chi connectivity index (χ2v) is 6.31. The third-order valence-corrected chi connectivity index (χ3v) is 4.57. The Morgan fingerprint density at radius 1 is 0.840 bits per heavy atom. The number of benzene rings is 2. The van der Waals surface area contributed by atoms with Gasteiger partial charge < -0.3 is 19.3 Å². The summed E-state index contributed by atoms with van der Waals surface area (Å²) in [7, 11) is 0. The first-order valence-electron chi connectivity index (χ1n) is 8.22. The molecule has 6 heteroatoms. The van der Waals surface area contributed by atoms with E-state index in [1.165, 1.54) is 4.70 Å². The fourth-order valence-electron chi connectivity index (χ4n) is 2.35. The fourth-order valence-corrected chi connectivity index (χ4v) is 3.35. The Balaban J connectivity index is 1.56. The van der Waals surface area contributed by atoms with Crippen LogP contribution in [0.15, 0.2) is 48.5 Å². The van der Waals surface area contributed by atoms with E-state index in [1.807, 2.05) is 42.5 Å². The minimum Gasteiger partial charge on any atom is -0.490 e. The zero-order chi connectivity index (χ0) is 17.3. The van der Waals surface area contributed by atoms with E-state index in [9.17, 15) is 0 Å². The standard InChI is InChI=1S/C19H21NO4S/c21-9-10-22-11-12-23-13-14-24-17-7-3-1-5-15(17)19-20-16-6-2-4-8-18(16)25-19/h1-8,21H,9-14H2. The van der Waals surface area contributed by atoms with Crippen LogP contribution in [0.1, 0.15) is 0 Å². The van der Waals surface area contributed by atoms with E-state index < -0.39 is 0 Å². The van der Waals surface area contributed by atoms with Gasteiger partial charge in [-0.25, -0.2) is 4.98 Å². The van der Waals surface area contributed by atoms with Crippen molar-refractivity contribution in [3.8, 4) is 16.3 Å². The van der Waals surface area contributed by atoms with Crippen molar-refractivity contribution >= 4 is 21.6 Å². The van der Waals surface area contributed by atoms with Gasteiger partial charge in [0.2, 0.25) is 0 Å². The Morgan fingerprint density at radius 3 is 2.40 bits per heavy atom. The molecule has 1 heterocycles. The van der Waals surface area contributed by atoms with Gasteiger partial charge in [-0.15, -0.1) is 11.3 Å². The van der Waals surface area contributed by atoms with Gasteiger partial charge in [0, 0.05) is 0 Å². The molecule has 0 radical (unpaired) electrons. The summed E-state index contributed by atoms with van der Waals surface area (Å²) in [5.74, 6) is 0.807. The Bertz CT molecular complexity index is 757. The predicted octanol–water partition coefficient (Wildman–Crippen LogP) is 3.37. The molecule has 0 aliphatic carbocycles. The monoisotopic (exact) mass is 359 g/mol. The molecule has 3 rings (SSSR count). The number of hydrogen-bond acceptors (Lipinski definition) is 6. The number of hydrogen-bond donors (Lipinski definition) is 1. The summed E-state index contributed by atoms with van der Waals surface area (Å²) < 4.78 is 17.6. The van der Waals surface area contributed by atoms with Gasteiger partial charge in [0.1, 0.15) is 17.4 Å². The lowest BCUT2D eigenvalue weighted by molar-refractivity contribution is 0.0247. The molecule has 1 aromatic heterocycles. The van der Waals surface area contributed by atoms with Crippen LogP contribution in [0.4, 0.5) is 0 Å². The van der Waals surface area contributed by atoms with Crippen molar-refractivity contribution < 1.29 is 19.3 Å². The summed E-state index contributed by atoms with van der Waals surface area (Å²) in [6.07, 6.45) is 0. The molecule has 0 aliphatic heterocycles. The van der Waals surface area contributed by atoms with Crippen LogP contribution >= 0.6 is 11.3 Å². The Kier molecular flexibility index (Phi) is 6.76. The van der Waals surface area contributed by atoms with Gasteiger partial charge in [0.05, 0.1) is 48.8 Å². The van der Waals surface area contributed by atoms with Crippen LogP contribution in [0, 0.1) is 0 Å². The number of fused-ring (bicyclic) bond motifs is 1. The zero-order valence-corrected chi connectivity index (χ0v) is 14.7. The highest BCUT2D eigenvalue weighted by atomic mass is 32.1. The maximum absolute atomic E-state index is 8.61. The highest BCUT2D eigenvalue weighted by Crippen LogP contribution is 2.35. The third-order valence-electron chi connectivity index (χ3n) is 3.50. The maximum Gasteiger partial charge on any atom is 0.129 e. The van der Waals surface area contributed by atoms with Gasteiger partial charge in [-0.05, 0) is 24.3 Å². The summed E-state index contributed by atoms with van der Waals surface area (Å²) >= 11 is 1.66. The van der Waals surface area contributed by atoms with E-state index in [-0.39, 0.29) is 6.61 Å². The normalized spacial score (nSPS) is 11.1. The van der Waals surface area contributed by atoms with Crippen LogP contribution in [0.5, 0.6) is 5.75 Å². The molecule has 5 nitrogen and oxygen atoms in total. The largest absolute Gasteiger partial charge is 0.490 e. The van der Waals surface area contributed by atoms with Gasteiger partial charge in [-0.2, -0.15) is 0 Å². The van der Waals surface area contributed by atoms with Gasteiger partial charge in [0.25, 0.3) is 0 Å². The first-order valence-corrected chi connectivity index (χ1v) is 9.04. The minimum absolute atomic E-state index is 0.0334. The second kappa shape index (κ2) is 9.48. The molecule has 0 unspecified atom stereocenters. The Hall–Kier alpha value is -1.99. The van der Waals surface area contributed by atoms with Crippen molar-refractivity contribution in [2.24, 2.45) is 0 Å². The smallest absolute Gasteiger partial charge is 0.129 e. The lowest BCUT2D eigenvalue weighted by Crippen LogP contribution is -2.12. The molecule has 0 aliphatic rings. The summed E-state index contributed by atoms with van der Waals surface area (Å²) in [4.78, 5) is 4.70. The van der Waals surface area contributed by atoms with Crippen LogP contribution in [0.2, 0.25) is 0 Å². The van der Waals surface area contributed by atoms with Crippen LogP contribution in [-0.2, 0) is 9.47 Å². The molecule has 0 atom stereocenters. The van der Waals surface area contributed by atoms with Crippen LogP contribution in [0.25, 0.3) is 20.8 Å². The van der Waals surface area contributed by atoms with Crippen molar-refractivity contribution in [3.63, 3.8) is 0 Å². The highest BCUT2D eigenvalue weighted by molar-refractivity contribution is 7.21. The summed E-state index contributed by atoms with van der Waals surface area (Å²) in [6.45, 7) is 2.28. The lowest BCUT2D eigenvalue weighted by atomic mass is 10.2.